The Balaban J connectivity index is 0.000000176. The summed E-state index contributed by atoms with van der Waals surface area (Å²) < 4.78 is 75.4. The molecule has 14 aromatic carbocycles. The maximum atomic E-state index is 6.17. The van der Waals surface area contributed by atoms with Crippen LogP contribution in [-0.2, 0) is 83.3 Å². The lowest BCUT2D eigenvalue weighted by Crippen LogP contribution is -2.45. The van der Waals surface area contributed by atoms with Gasteiger partial charge < -0.3 is 56.8 Å². The monoisotopic (exact) mass is 1880 g/mol. The fourth-order valence-electron chi connectivity index (χ4n) is 20.3. The Morgan fingerprint density at radius 1 is 0.203 bits per heavy atom. The van der Waals surface area contributed by atoms with E-state index in [1.54, 1.807) is 0 Å². The van der Waals surface area contributed by atoms with Crippen LogP contribution in [0.4, 0.5) is 0 Å². The summed E-state index contributed by atoms with van der Waals surface area (Å²) in [4.78, 5) is 0. The molecule has 0 saturated carbocycles. The van der Waals surface area contributed by atoms with Crippen LogP contribution in [0.15, 0.2) is 267 Å². The van der Waals surface area contributed by atoms with Gasteiger partial charge in [-0.05, 0) is 277 Å². The van der Waals surface area contributed by atoms with Crippen molar-refractivity contribution in [3.8, 4) is 66.8 Å². The molecule has 2 aromatic heterocycles. The van der Waals surface area contributed by atoms with E-state index in [1.165, 1.54) is 172 Å². The molecule has 4 fully saturated rings. The number of benzene rings is 14. The van der Waals surface area contributed by atoms with Gasteiger partial charge in [0.2, 0.25) is 0 Å². The summed E-state index contributed by atoms with van der Waals surface area (Å²) in [6.07, 6.45) is 17.5. The molecule has 0 unspecified atom stereocenters. The smallest absolute Gasteiger partial charge is 0.0717 e. The van der Waals surface area contributed by atoms with Crippen molar-refractivity contribution in [1.29, 1.82) is 0 Å². The maximum absolute atomic E-state index is 6.17. The second kappa shape index (κ2) is 46.7. The van der Waals surface area contributed by atoms with Crippen LogP contribution in [0.5, 0.6) is 0 Å². The molecule has 20 rings (SSSR count). The van der Waals surface area contributed by atoms with Crippen molar-refractivity contribution in [1.82, 2.24) is 0 Å². The van der Waals surface area contributed by atoms with Crippen LogP contribution in [0.2, 0.25) is 0 Å². The van der Waals surface area contributed by atoms with Gasteiger partial charge in [0.15, 0.2) is 0 Å². The van der Waals surface area contributed by atoms with Gasteiger partial charge in [-0.25, -0.2) is 0 Å². The highest BCUT2D eigenvalue weighted by Gasteiger charge is 2.40. The Morgan fingerprint density at radius 2 is 0.435 bits per heavy atom. The third-order valence-electron chi connectivity index (χ3n) is 29.7. The predicted molar refractivity (Wildman–Crippen MR) is 573 cm³/mol. The third-order valence-corrected chi connectivity index (χ3v) is 32.0. The van der Waals surface area contributed by atoms with Crippen molar-refractivity contribution in [2.24, 2.45) is 21.7 Å². The molecule has 4 saturated heterocycles. The molecule has 4 aliphatic rings. The Labute approximate surface area is 823 Å². The molecule has 716 valence electrons. The molecular formula is C124H136O12S2. The quantitative estimate of drug-likeness (QED) is 0.0267. The van der Waals surface area contributed by atoms with Crippen LogP contribution in [0.1, 0.15) is 153 Å². The van der Waals surface area contributed by atoms with Gasteiger partial charge >= 0.3 is 0 Å². The minimum atomic E-state index is 0.263. The van der Waals surface area contributed by atoms with E-state index in [4.69, 9.17) is 56.8 Å². The molecule has 0 N–H and O–H groups in total. The summed E-state index contributed by atoms with van der Waals surface area (Å²) in [6.45, 7) is 27.8. The van der Waals surface area contributed by atoms with Gasteiger partial charge in [0.1, 0.15) is 0 Å². The summed E-state index contributed by atoms with van der Waals surface area (Å²) in [5.74, 6) is 0. The van der Waals surface area contributed by atoms with Crippen LogP contribution in [0.25, 0.3) is 150 Å². The molecule has 16 aromatic rings. The summed E-state index contributed by atoms with van der Waals surface area (Å²) >= 11 is 3.73. The molecule has 4 aliphatic heterocycles. The molecule has 0 bridgehead atoms. The van der Waals surface area contributed by atoms with E-state index in [0.29, 0.717) is 26.4 Å². The fraction of sp³-hybridized carbons (Fsp3) is 0.387. The third kappa shape index (κ3) is 22.8. The van der Waals surface area contributed by atoms with Gasteiger partial charge in [0.05, 0.1) is 106 Å². The first kappa shape index (κ1) is 96.9. The van der Waals surface area contributed by atoms with Crippen LogP contribution >= 0.6 is 22.7 Å². The number of ether oxygens (including phenoxy) is 12. The summed E-state index contributed by atoms with van der Waals surface area (Å²) in [6, 6.07) is 99.5. The van der Waals surface area contributed by atoms with E-state index < -0.39 is 0 Å². The van der Waals surface area contributed by atoms with Crippen molar-refractivity contribution in [2.45, 2.75) is 157 Å². The van der Waals surface area contributed by atoms with Crippen molar-refractivity contribution < 1.29 is 56.8 Å². The molecule has 6 heterocycles. The van der Waals surface area contributed by atoms with Crippen LogP contribution in [-0.4, -0.2) is 132 Å². The number of fused-ring (bicyclic) bond motifs is 10. The second-order valence-electron chi connectivity index (χ2n) is 39.6. The van der Waals surface area contributed by atoms with Crippen molar-refractivity contribution in [2.75, 3.05) is 132 Å². The molecule has 0 amide bonds. The average Bonchev–Trinajstić information content (AvgIpc) is 1.28. The predicted octanol–water partition coefficient (Wildman–Crippen LogP) is 31.2. The Kier molecular flexibility index (Phi) is 32.8. The number of hydrogen-bond acceptors (Lipinski definition) is 14. The zero-order valence-corrected chi connectivity index (χ0v) is 83.0. The highest BCUT2D eigenvalue weighted by Crippen LogP contribution is 2.49. The van der Waals surface area contributed by atoms with Crippen LogP contribution in [0.3, 0.4) is 0 Å². The number of thiophene rings is 2. The number of hydrogen-bond donors (Lipinski definition) is 0. The normalized spacial score (nSPS) is 15.3. The topological polar surface area (TPSA) is 111 Å². The molecule has 0 atom stereocenters. The lowest BCUT2D eigenvalue weighted by molar-refractivity contribution is -0.150. The standard InChI is InChI=1S/2C62H68O6S/c1-3-61(41-67-42-61)39-65-33-13-5-11-31-63-37-45-19-22-48(23-20-45)59-52-15-7-9-17-54(52)60(55-18-10-8-16-53(55)59)49-26-24-47(25-27-49)50-28-29-51-56-35-46(21-30-57(56)69-58(51)36-50)38-64-32-12-6-14-34-66-40-62(4-2)43-68-44-62;1-3-61(41-67-42-61)39-65-33-13-5-11-31-63-37-45-19-22-48(23-20-45)59-51-15-7-9-17-53(51)60(54-18-10-8-16-52(54)59)49-26-24-47(25-27-49)50-28-30-58-56(36-50)55-35-46(21-29-57(55)69-58)38-64-32-12-6-14-34-66-40-62(4-2)43-68-44-62/h2*7-10,15-30,35-36H,3-6,11-14,31-34,37-44H2,1-2H3. The van der Waals surface area contributed by atoms with Gasteiger partial charge in [-0.15, -0.1) is 22.7 Å². The van der Waals surface area contributed by atoms with Gasteiger partial charge in [-0.3, -0.25) is 0 Å². The highest BCUT2D eigenvalue weighted by molar-refractivity contribution is 7.26. The molecule has 14 heteroatoms. The Bertz CT molecular complexity index is 6560. The van der Waals surface area contributed by atoms with E-state index in [-0.39, 0.29) is 21.7 Å². The minimum Gasteiger partial charge on any atom is -0.381 e. The lowest BCUT2D eigenvalue weighted by Gasteiger charge is -2.40. The van der Waals surface area contributed by atoms with Crippen molar-refractivity contribution in [3.63, 3.8) is 0 Å². The van der Waals surface area contributed by atoms with Gasteiger partial charge in [0.25, 0.3) is 0 Å². The second-order valence-corrected chi connectivity index (χ2v) is 41.7. The number of unbranched alkanes of at least 4 members (excludes halogenated alkanes) is 8. The maximum Gasteiger partial charge on any atom is 0.0717 e. The van der Waals surface area contributed by atoms with Crippen molar-refractivity contribution in [3.05, 3.63) is 289 Å². The molecular weight excluding hydrogens is 1750 g/mol. The van der Waals surface area contributed by atoms with E-state index in [0.717, 1.165) is 235 Å². The molecule has 0 aliphatic carbocycles. The van der Waals surface area contributed by atoms with E-state index >= 15 is 0 Å². The summed E-state index contributed by atoms with van der Waals surface area (Å²) in [5, 5.41) is 15.3. The van der Waals surface area contributed by atoms with E-state index in [9.17, 15) is 0 Å². The molecule has 12 nitrogen and oxygen atoms in total. The Hall–Kier alpha value is -9.92. The largest absolute Gasteiger partial charge is 0.381 e. The van der Waals surface area contributed by atoms with Crippen molar-refractivity contribution >= 4 is 106 Å². The van der Waals surface area contributed by atoms with Crippen LogP contribution in [0, 0.1) is 21.7 Å². The summed E-state index contributed by atoms with van der Waals surface area (Å²) in [5.41, 5.74) is 20.8. The molecule has 138 heavy (non-hydrogen) atoms. The van der Waals surface area contributed by atoms with Gasteiger partial charge in [-0.1, -0.05) is 252 Å². The first-order valence-electron chi connectivity index (χ1n) is 51.2. The first-order chi connectivity index (χ1) is 68.1. The number of rotatable bonds is 50. The Morgan fingerprint density at radius 3 is 0.732 bits per heavy atom. The zero-order valence-electron chi connectivity index (χ0n) is 81.4. The summed E-state index contributed by atoms with van der Waals surface area (Å²) in [7, 11) is 0. The average molecular weight is 1880 g/mol. The zero-order chi connectivity index (χ0) is 93.8. The van der Waals surface area contributed by atoms with E-state index in [1.807, 2.05) is 22.7 Å². The van der Waals surface area contributed by atoms with Gasteiger partial charge in [-0.2, -0.15) is 0 Å². The van der Waals surface area contributed by atoms with Gasteiger partial charge in [0, 0.05) is 115 Å². The van der Waals surface area contributed by atoms with Crippen LogP contribution < -0.4 is 0 Å². The van der Waals surface area contributed by atoms with E-state index in [2.05, 4.69) is 295 Å². The minimum absolute atomic E-state index is 0.263. The molecule has 0 spiro atoms. The first-order valence-corrected chi connectivity index (χ1v) is 52.8. The SMILES string of the molecule is CCC1(COCCCCCOCc2ccc(-c3c4ccccc4c(-c4ccc(-c5ccc6c(c5)sc5ccc(COCCCCCOCC7(CC)COC7)cc56)cc4)c4ccccc34)cc2)COC1.CCC1(COCCCCCOCc2ccc(-c3c4ccccc4c(-c4ccc(-c5ccc6sc7ccc(COCCCCCOCC8(CC)COC8)cc7c6c5)cc4)c4ccccc34)cc2)COC1. The fourth-order valence-corrected chi connectivity index (χ4v) is 22.5. The molecule has 0 radical (unpaired) electrons. The highest BCUT2D eigenvalue weighted by atomic mass is 32.1. The lowest BCUT2D eigenvalue weighted by atomic mass is 9.84.